The molecule has 0 saturated carbocycles. The summed E-state index contributed by atoms with van der Waals surface area (Å²) >= 11 is 0. The van der Waals surface area contributed by atoms with Crippen molar-refractivity contribution in [1.29, 1.82) is 0 Å². The molecule has 0 bridgehead atoms. The van der Waals surface area contributed by atoms with Crippen molar-refractivity contribution in [2.45, 2.75) is 13.8 Å². The molecule has 2 aromatic heterocycles. The Morgan fingerprint density at radius 2 is 1.59 bits per heavy atom. The van der Waals surface area contributed by atoms with Crippen LogP contribution in [0.25, 0.3) is 5.69 Å². The van der Waals surface area contributed by atoms with Crippen LogP contribution in [0.2, 0.25) is 0 Å². The van der Waals surface area contributed by atoms with Gasteiger partial charge in [-0.25, -0.2) is 8.78 Å². The van der Waals surface area contributed by atoms with Crippen LogP contribution in [0.4, 0.5) is 20.5 Å². The van der Waals surface area contributed by atoms with E-state index >= 15 is 0 Å². The summed E-state index contributed by atoms with van der Waals surface area (Å²) < 4.78 is 34.2. The minimum atomic E-state index is -0.953. The van der Waals surface area contributed by atoms with Gasteiger partial charge in [-0.1, -0.05) is 17.2 Å². The number of hydrogen-bond acceptors (Lipinski definition) is 6. The smallest absolute Gasteiger partial charge is 0.322 e. The maximum absolute atomic E-state index is 14.2. The molecule has 11 heteroatoms. The van der Waals surface area contributed by atoms with E-state index in [0.29, 0.717) is 11.3 Å². The van der Waals surface area contributed by atoms with Gasteiger partial charge in [0.1, 0.15) is 17.3 Å². The number of anilines is 2. The molecule has 2 heterocycles. The molecule has 34 heavy (non-hydrogen) atoms. The highest BCUT2D eigenvalue weighted by molar-refractivity contribution is 6.07. The first-order valence-corrected chi connectivity index (χ1v) is 9.93. The van der Waals surface area contributed by atoms with Crippen LogP contribution < -0.4 is 16.2 Å². The monoisotopic (exact) mass is 465 g/mol. The van der Waals surface area contributed by atoms with Gasteiger partial charge in [-0.3, -0.25) is 24.3 Å². The summed E-state index contributed by atoms with van der Waals surface area (Å²) in [5.74, 6) is -2.82. The maximum atomic E-state index is 14.2. The van der Waals surface area contributed by atoms with E-state index in [-0.39, 0.29) is 23.0 Å². The van der Waals surface area contributed by atoms with Gasteiger partial charge in [-0.05, 0) is 42.8 Å². The normalized spacial score (nSPS) is 10.7. The van der Waals surface area contributed by atoms with Crippen molar-refractivity contribution < 1.29 is 22.8 Å². The third-order valence-corrected chi connectivity index (χ3v) is 4.85. The number of carbonyl (C=O) groups excluding carboxylic acids is 2. The van der Waals surface area contributed by atoms with Crippen LogP contribution in [0.5, 0.6) is 0 Å². The van der Waals surface area contributed by atoms with Crippen LogP contribution in [0, 0.1) is 25.5 Å². The van der Waals surface area contributed by atoms with E-state index in [4.69, 9.17) is 4.42 Å². The van der Waals surface area contributed by atoms with Crippen molar-refractivity contribution in [3.8, 4) is 5.69 Å². The molecule has 2 amide bonds. The number of halogens is 2. The second-order valence-electron chi connectivity index (χ2n) is 7.26. The highest BCUT2D eigenvalue weighted by Gasteiger charge is 2.17. The second kappa shape index (κ2) is 9.06. The standard InChI is InChI=1S/C23H17F2N5O4/c1-12-6-7-14(21(32)27-23-29-28-13(2)34-23)10-18(12)26-22(33)15-8-9-19(31)30(11-15)20-16(24)4-3-5-17(20)25/h3-11H,1-2H3,(H,26,33)(H,27,29,32). The Morgan fingerprint density at radius 3 is 2.26 bits per heavy atom. The molecule has 0 unspecified atom stereocenters. The molecule has 0 spiro atoms. The number of aromatic nitrogens is 3. The lowest BCUT2D eigenvalue weighted by Gasteiger charge is -2.12. The molecule has 0 radical (unpaired) electrons. The van der Waals surface area contributed by atoms with Gasteiger partial charge in [-0.15, -0.1) is 5.10 Å². The van der Waals surface area contributed by atoms with Crippen LogP contribution in [0.15, 0.2) is 63.9 Å². The van der Waals surface area contributed by atoms with E-state index in [2.05, 4.69) is 20.8 Å². The summed E-state index contributed by atoms with van der Waals surface area (Å²) in [6.45, 7) is 3.29. The number of benzene rings is 2. The molecule has 172 valence electrons. The Morgan fingerprint density at radius 1 is 0.912 bits per heavy atom. The molecule has 0 atom stereocenters. The van der Waals surface area contributed by atoms with Crippen LogP contribution >= 0.6 is 0 Å². The van der Waals surface area contributed by atoms with Crippen molar-refractivity contribution in [2.24, 2.45) is 0 Å². The third-order valence-electron chi connectivity index (χ3n) is 4.85. The SMILES string of the molecule is Cc1nnc(NC(=O)c2ccc(C)c(NC(=O)c3ccc(=O)n(-c4c(F)cccc4F)c3)c2)o1. The van der Waals surface area contributed by atoms with E-state index in [1.165, 1.54) is 18.2 Å². The van der Waals surface area contributed by atoms with Crippen molar-refractivity contribution >= 4 is 23.5 Å². The number of nitrogens with one attached hydrogen (secondary N) is 2. The molecule has 9 nitrogen and oxygen atoms in total. The number of rotatable bonds is 5. The van der Waals surface area contributed by atoms with Crippen molar-refractivity contribution in [3.63, 3.8) is 0 Å². The van der Waals surface area contributed by atoms with Crippen molar-refractivity contribution in [2.75, 3.05) is 10.6 Å². The third kappa shape index (κ3) is 4.58. The van der Waals surface area contributed by atoms with Crippen LogP contribution in [0.3, 0.4) is 0 Å². The van der Waals surface area contributed by atoms with Crippen molar-refractivity contribution in [1.82, 2.24) is 14.8 Å². The zero-order valence-corrected chi connectivity index (χ0v) is 17.9. The quantitative estimate of drug-likeness (QED) is 0.465. The predicted molar refractivity (Wildman–Crippen MR) is 118 cm³/mol. The molecule has 0 aliphatic rings. The lowest BCUT2D eigenvalue weighted by Crippen LogP contribution is -2.22. The van der Waals surface area contributed by atoms with E-state index in [1.54, 1.807) is 26.0 Å². The van der Waals surface area contributed by atoms with Gasteiger partial charge < -0.3 is 9.73 Å². The number of aryl methyl sites for hydroxylation is 2. The molecule has 0 fully saturated rings. The van der Waals surface area contributed by atoms with Gasteiger partial charge in [0.05, 0.1) is 5.56 Å². The Hall–Kier alpha value is -4.67. The van der Waals surface area contributed by atoms with Gasteiger partial charge in [0.25, 0.3) is 17.4 Å². The zero-order chi connectivity index (χ0) is 24.4. The van der Waals surface area contributed by atoms with Gasteiger partial charge in [0.15, 0.2) is 0 Å². The highest BCUT2D eigenvalue weighted by Crippen LogP contribution is 2.20. The Bertz CT molecular complexity index is 1460. The minimum absolute atomic E-state index is 0.0298. The molecule has 2 aromatic carbocycles. The zero-order valence-electron chi connectivity index (χ0n) is 17.9. The van der Waals surface area contributed by atoms with E-state index in [0.717, 1.165) is 29.0 Å². The predicted octanol–water partition coefficient (Wildman–Crippen LogP) is 3.62. The Kier molecular flexibility index (Phi) is 6.00. The lowest BCUT2D eigenvalue weighted by atomic mass is 10.1. The minimum Gasteiger partial charge on any atom is -0.408 e. The van der Waals surface area contributed by atoms with Gasteiger partial charge in [0.2, 0.25) is 5.89 Å². The largest absolute Gasteiger partial charge is 0.408 e. The molecule has 4 rings (SSSR count). The molecule has 0 aliphatic carbocycles. The number of carbonyl (C=O) groups is 2. The summed E-state index contributed by atoms with van der Waals surface area (Å²) in [5, 5.41) is 12.4. The maximum Gasteiger partial charge on any atom is 0.322 e. The summed E-state index contributed by atoms with van der Waals surface area (Å²) in [6.07, 6.45) is 1.04. The topological polar surface area (TPSA) is 119 Å². The fourth-order valence-electron chi connectivity index (χ4n) is 3.12. The molecule has 2 N–H and O–H groups in total. The number of para-hydroxylation sites is 1. The highest BCUT2D eigenvalue weighted by atomic mass is 19.1. The van der Waals surface area contributed by atoms with Crippen LogP contribution in [0.1, 0.15) is 32.2 Å². The summed E-state index contributed by atoms with van der Waals surface area (Å²) in [7, 11) is 0. The average molecular weight is 465 g/mol. The summed E-state index contributed by atoms with van der Waals surface area (Å²) in [6, 6.07) is 9.99. The summed E-state index contributed by atoms with van der Waals surface area (Å²) in [4.78, 5) is 37.6. The van der Waals surface area contributed by atoms with E-state index in [1.807, 2.05) is 0 Å². The molecule has 0 aliphatic heterocycles. The fourth-order valence-corrected chi connectivity index (χ4v) is 3.12. The van der Waals surface area contributed by atoms with Crippen LogP contribution in [-0.4, -0.2) is 26.6 Å². The van der Waals surface area contributed by atoms with E-state index < -0.39 is 34.7 Å². The first-order valence-electron chi connectivity index (χ1n) is 9.93. The second-order valence-corrected chi connectivity index (χ2v) is 7.26. The Labute approximate surface area is 191 Å². The first-order chi connectivity index (χ1) is 16.2. The van der Waals surface area contributed by atoms with Crippen LogP contribution in [-0.2, 0) is 0 Å². The van der Waals surface area contributed by atoms with Gasteiger partial charge in [0, 0.05) is 30.4 Å². The van der Waals surface area contributed by atoms with E-state index in [9.17, 15) is 23.2 Å². The lowest BCUT2D eigenvalue weighted by molar-refractivity contribution is 0.101. The molecule has 4 aromatic rings. The van der Waals surface area contributed by atoms with Crippen molar-refractivity contribution in [3.05, 3.63) is 99.3 Å². The molecular weight excluding hydrogens is 448 g/mol. The van der Waals surface area contributed by atoms with Gasteiger partial charge >= 0.3 is 6.01 Å². The number of pyridine rings is 1. The molecule has 0 saturated heterocycles. The molecular formula is C23H17F2N5O4. The van der Waals surface area contributed by atoms with Gasteiger partial charge in [-0.2, -0.15) is 0 Å². The average Bonchev–Trinajstić information content (AvgIpc) is 3.20. The first kappa shape index (κ1) is 22.5. The number of hydrogen-bond donors (Lipinski definition) is 2. The fraction of sp³-hybridized carbons (Fsp3) is 0.0870. The summed E-state index contributed by atoms with van der Waals surface area (Å²) in [5.41, 5.74) is -0.172. The number of nitrogens with zero attached hydrogens (tertiary/aromatic N) is 3. The Balaban J connectivity index is 1.60. The number of amides is 2.